The molecule has 0 aliphatic carbocycles. The Balaban J connectivity index is 2.07. The van der Waals surface area contributed by atoms with E-state index in [9.17, 15) is 26.8 Å². The Morgan fingerprint density at radius 1 is 0.895 bits per heavy atom. The zero-order valence-corrected chi connectivity index (χ0v) is 22.2. The molecule has 1 atom stereocenters. The monoisotopic (exact) mass is 544 g/mol. The van der Waals surface area contributed by atoms with E-state index in [-0.39, 0.29) is 24.2 Å². The second-order valence-electron chi connectivity index (χ2n) is 8.71. The van der Waals surface area contributed by atoms with Crippen LogP contribution in [0.3, 0.4) is 0 Å². The van der Waals surface area contributed by atoms with Crippen LogP contribution in [0.1, 0.15) is 11.1 Å². The molecule has 3 aromatic carbocycles. The molecule has 0 aliphatic heterocycles. The lowest BCUT2D eigenvalue weighted by Gasteiger charge is -2.34. The van der Waals surface area contributed by atoms with Gasteiger partial charge in [0.15, 0.2) is 0 Å². The standard InChI is InChI=1S/C27H30F2N4O4S/c1-30-27(35)25(17-20-9-5-4-6-10-20)32(18-21-11-7-8-12-24(21)29)26(34)19-33(38(36,37)31(2)3)23-15-13-22(28)14-16-23/h4-16,25H,17-19H2,1-3H3,(H,30,35)/t25-/m0/s1. The van der Waals surface area contributed by atoms with E-state index < -0.39 is 46.2 Å². The van der Waals surface area contributed by atoms with Crippen LogP contribution in [0.2, 0.25) is 0 Å². The van der Waals surface area contributed by atoms with Gasteiger partial charge in [-0.05, 0) is 35.9 Å². The van der Waals surface area contributed by atoms with Crippen LogP contribution in [0.15, 0.2) is 78.9 Å². The molecule has 0 saturated carbocycles. The zero-order valence-electron chi connectivity index (χ0n) is 21.3. The minimum atomic E-state index is -4.20. The highest BCUT2D eigenvalue weighted by atomic mass is 32.2. The number of benzene rings is 3. The largest absolute Gasteiger partial charge is 0.357 e. The van der Waals surface area contributed by atoms with Crippen molar-refractivity contribution in [1.82, 2.24) is 14.5 Å². The second kappa shape index (κ2) is 12.6. The molecule has 3 aromatic rings. The Kier molecular flexibility index (Phi) is 9.54. The lowest BCUT2D eigenvalue weighted by atomic mass is 10.0. The number of likely N-dealkylation sites (N-methyl/N-ethyl adjacent to an activating group) is 1. The van der Waals surface area contributed by atoms with E-state index in [4.69, 9.17) is 0 Å². The summed E-state index contributed by atoms with van der Waals surface area (Å²) < 4.78 is 56.4. The summed E-state index contributed by atoms with van der Waals surface area (Å²) in [5, 5.41) is 2.55. The van der Waals surface area contributed by atoms with Gasteiger partial charge in [0.1, 0.15) is 24.2 Å². The molecule has 0 unspecified atom stereocenters. The Hall–Kier alpha value is -3.83. The molecular weight excluding hydrogens is 514 g/mol. The molecule has 8 nitrogen and oxygen atoms in total. The average Bonchev–Trinajstić information content (AvgIpc) is 2.90. The molecular formula is C27H30F2N4O4S. The minimum Gasteiger partial charge on any atom is -0.357 e. The number of carbonyl (C=O) groups is 2. The van der Waals surface area contributed by atoms with Crippen molar-refractivity contribution in [2.24, 2.45) is 0 Å². The van der Waals surface area contributed by atoms with Crippen molar-refractivity contribution in [1.29, 1.82) is 0 Å². The maximum Gasteiger partial charge on any atom is 0.304 e. The SMILES string of the molecule is CNC(=O)[C@H](Cc1ccccc1)N(Cc1ccccc1F)C(=O)CN(c1ccc(F)cc1)S(=O)(=O)N(C)C. The van der Waals surface area contributed by atoms with Gasteiger partial charge in [0.25, 0.3) is 0 Å². The predicted molar refractivity (Wildman–Crippen MR) is 141 cm³/mol. The molecule has 3 rings (SSSR count). The van der Waals surface area contributed by atoms with Gasteiger partial charge >= 0.3 is 10.2 Å². The van der Waals surface area contributed by atoms with Crippen molar-refractivity contribution in [3.63, 3.8) is 0 Å². The quantitative estimate of drug-likeness (QED) is 0.402. The maximum absolute atomic E-state index is 14.7. The smallest absolute Gasteiger partial charge is 0.304 e. The predicted octanol–water partition coefficient (Wildman–Crippen LogP) is 2.96. The summed E-state index contributed by atoms with van der Waals surface area (Å²) in [7, 11) is -0.175. The van der Waals surface area contributed by atoms with Crippen molar-refractivity contribution in [2.75, 3.05) is 32.0 Å². The Morgan fingerprint density at radius 3 is 2.08 bits per heavy atom. The van der Waals surface area contributed by atoms with E-state index in [1.54, 1.807) is 30.3 Å². The molecule has 2 amide bonds. The van der Waals surface area contributed by atoms with Crippen molar-refractivity contribution in [2.45, 2.75) is 19.0 Å². The molecule has 38 heavy (non-hydrogen) atoms. The zero-order chi connectivity index (χ0) is 27.9. The Bertz CT molecular complexity index is 1350. The van der Waals surface area contributed by atoms with Crippen LogP contribution in [0, 0.1) is 11.6 Å². The molecule has 0 heterocycles. The van der Waals surface area contributed by atoms with Crippen LogP contribution in [0.25, 0.3) is 0 Å². The second-order valence-corrected chi connectivity index (χ2v) is 10.8. The molecule has 1 N–H and O–H groups in total. The number of amides is 2. The van der Waals surface area contributed by atoms with E-state index in [0.717, 1.165) is 26.3 Å². The van der Waals surface area contributed by atoms with Gasteiger partial charge in [-0.2, -0.15) is 12.7 Å². The topological polar surface area (TPSA) is 90.0 Å². The van der Waals surface area contributed by atoms with Crippen LogP contribution < -0.4 is 9.62 Å². The van der Waals surface area contributed by atoms with Crippen molar-refractivity contribution in [3.05, 3.63) is 102 Å². The highest BCUT2D eigenvalue weighted by Gasteiger charge is 2.34. The minimum absolute atomic E-state index is 0.0545. The Morgan fingerprint density at radius 2 is 1.50 bits per heavy atom. The van der Waals surface area contributed by atoms with Gasteiger partial charge in [-0.3, -0.25) is 9.59 Å². The number of anilines is 1. The van der Waals surface area contributed by atoms with E-state index in [2.05, 4.69) is 5.32 Å². The first-order chi connectivity index (χ1) is 18.0. The third kappa shape index (κ3) is 6.93. The van der Waals surface area contributed by atoms with Crippen molar-refractivity contribution in [3.8, 4) is 0 Å². The number of carbonyl (C=O) groups excluding carboxylic acids is 2. The van der Waals surface area contributed by atoms with Crippen LogP contribution in [-0.2, 0) is 32.8 Å². The number of hydrogen-bond donors (Lipinski definition) is 1. The molecule has 0 fully saturated rings. The molecule has 202 valence electrons. The molecule has 0 radical (unpaired) electrons. The van der Waals surface area contributed by atoms with Gasteiger partial charge < -0.3 is 10.2 Å². The number of rotatable bonds is 11. The molecule has 0 saturated heterocycles. The fraction of sp³-hybridized carbons (Fsp3) is 0.259. The summed E-state index contributed by atoms with van der Waals surface area (Å²) in [6, 6.07) is 18.4. The highest BCUT2D eigenvalue weighted by molar-refractivity contribution is 7.90. The van der Waals surface area contributed by atoms with Gasteiger partial charge in [-0.1, -0.05) is 48.5 Å². The highest BCUT2D eigenvalue weighted by Crippen LogP contribution is 2.22. The number of halogens is 2. The normalized spacial score (nSPS) is 12.2. The summed E-state index contributed by atoms with van der Waals surface area (Å²) in [5.74, 6) is -2.39. The van der Waals surface area contributed by atoms with Gasteiger partial charge in [-0.15, -0.1) is 0 Å². The summed E-state index contributed by atoms with van der Waals surface area (Å²) in [5.41, 5.74) is 0.967. The molecule has 0 aromatic heterocycles. The van der Waals surface area contributed by atoms with Crippen molar-refractivity contribution >= 4 is 27.7 Å². The summed E-state index contributed by atoms with van der Waals surface area (Å²) in [6.45, 7) is -0.988. The lowest BCUT2D eigenvalue weighted by Crippen LogP contribution is -2.54. The summed E-state index contributed by atoms with van der Waals surface area (Å²) in [4.78, 5) is 28.1. The third-order valence-corrected chi connectivity index (χ3v) is 7.77. The first-order valence-electron chi connectivity index (χ1n) is 11.8. The summed E-state index contributed by atoms with van der Waals surface area (Å²) in [6.07, 6.45) is 0.109. The number of nitrogens with zero attached hydrogens (tertiary/aromatic N) is 3. The molecule has 0 bridgehead atoms. The van der Waals surface area contributed by atoms with Gasteiger partial charge in [0, 0.05) is 39.7 Å². The summed E-state index contributed by atoms with van der Waals surface area (Å²) >= 11 is 0. The van der Waals surface area contributed by atoms with Gasteiger partial charge in [0.2, 0.25) is 11.8 Å². The number of nitrogens with one attached hydrogen (secondary N) is 1. The maximum atomic E-state index is 14.7. The van der Waals surface area contributed by atoms with E-state index in [0.29, 0.717) is 0 Å². The fourth-order valence-electron chi connectivity index (χ4n) is 3.85. The van der Waals surface area contributed by atoms with Gasteiger partial charge in [0.05, 0.1) is 5.69 Å². The van der Waals surface area contributed by atoms with E-state index in [1.165, 1.54) is 56.4 Å². The average molecular weight is 545 g/mol. The molecule has 11 heteroatoms. The Labute approximate surface area is 221 Å². The van der Waals surface area contributed by atoms with Crippen LogP contribution in [0.5, 0.6) is 0 Å². The van der Waals surface area contributed by atoms with Crippen LogP contribution >= 0.6 is 0 Å². The van der Waals surface area contributed by atoms with Crippen molar-refractivity contribution < 1.29 is 26.8 Å². The lowest BCUT2D eigenvalue weighted by molar-refractivity contribution is -0.139. The first-order valence-corrected chi connectivity index (χ1v) is 13.2. The number of hydrogen-bond acceptors (Lipinski definition) is 4. The van der Waals surface area contributed by atoms with Crippen LogP contribution in [0.4, 0.5) is 14.5 Å². The fourth-order valence-corrected chi connectivity index (χ4v) is 4.91. The molecule has 0 spiro atoms. The van der Waals surface area contributed by atoms with E-state index in [1.807, 2.05) is 6.07 Å². The first kappa shape index (κ1) is 28.7. The van der Waals surface area contributed by atoms with Crippen LogP contribution in [-0.4, -0.2) is 63.2 Å². The third-order valence-electron chi connectivity index (χ3n) is 5.95. The van der Waals surface area contributed by atoms with Gasteiger partial charge in [-0.25, -0.2) is 13.1 Å². The van der Waals surface area contributed by atoms with E-state index >= 15 is 0 Å². The molecule has 0 aliphatic rings.